The maximum Gasteiger partial charge on any atom is 0.248 e. The lowest BCUT2D eigenvalue weighted by molar-refractivity contribution is 0.0338. The van der Waals surface area contributed by atoms with Gasteiger partial charge in [-0.1, -0.05) is 0 Å². The first-order valence-corrected chi connectivity index (χ1v) is 5.58. The number of hydrogen-bond acceptors (Lipinski definition) is 4. The third-order valence-electron chi connectivity index (χ3n) is 2.86. The zero-order valence-electron chi connectivity index (χ0n) is 9.56. The molecule has 0 aliphatic carbocycles. The number of carbonyl (C=O) groups is 1. The minimum absolute atomic E-state index is 0.196. The van der Waals surface area contributed by atoms with E-state index in [2.05, 4.69) is 4.90 Å². The summed E-state index contributed by atoms with van der Waals surface area (Å²) in [5.74, 6) is -0.283. The predicted molar refractivity (Wildman–Crippen MR) is 62.7 cm³/mol. The van der Waals surface area contributed by atoms with Crippen molar-refractivity contribution in [2.24, 2.45) is 5.73 Å². The maximum atomic E-state index is 11.1. The number of carbonyl (C=O) groups excluding carboxylic acids is 1. The number of rotatable bonds is 3. The lowest BCUT2D eigenvalue weighted by Gasteiger charge is -2.26. The van der Waals surface area contributed by atoms with Crippen LogP contribution in [-0.2, 0) is 11.3 Å². The average Bonchev–Trinajstić information content (AvgIpc) is 2.33. The molecule has 1 fully saturated rings. The Balaban J connectivity index is 2.13. The van der Waals surface area contributed by atoms with Crippen LogP contribution in [0.15, 0.2) is 18.2 Å². The Kier molecular flexibility index (Phi) is 3.61. The van der Waals surface area contributed by atoms with Crippen molar-refractivity contribution in [3.05, 3.63) is 29.3 Å². The molecule has 1 aromatic carbocycles. The van der Waals surface area contributed by atoms with Gasteiger partial charge in [-0.3, -0.25) is 9.69 Å². The van der Waals surface area contributed by atoms with Gasteiger partial charge < -0.3 is 15.6 Å². The number of phenols is 1. The summed E-state index contributed by atoms with van der Waals surface area (Å²) in [5, 5.41) is 9.74. The van der Waals surface area contributed by atoms with Crippen molar-refractivity contribution in [3.63, 3.8) is 0 Å². The molecule has 0 spiro atoms. The number of hydrogen-bond donors (Lipinski definition) is 2. The fourth-order valence-electron chi connectivity index (χ4n) is 1.87. The zero-order valence-corrected chi connectivity index (χ0v) is 9.56. The topological polar surface area (TPSA) is 75.8 Å². The number of benzene rings is 1. The first kappa shape index (κ1) is 11.9. The smallest absolute Gasteiger partial charge is 0.248 e. The monoisotopic (exact) mass is 236 g/mol. The highest BCUT2D eigenvalue weighted by Gasteiger charge is 2.14. The number of aromatic hydroxyl groups is 1. The van der Waals surface area contributed by atoms with Crippen LogP contribution in [0.1, 0.15) is 15.9 Å². The van der Waals surface area contributed by atoms with Crippen LogP contribution in [-0.4, -0.2) is 42.2 Å². The number of ether oxygens (including phenoxy) is 1. The van der Waals surface area contributed by atoms with E-state index in [0.29, 0.717) is 25.3 Å². The van der Waals surface area contributed by atoms with Gasteiger partial charge in [0, 0.05) is 30.8 Å². The largest absolute Gasteiger partial charge is 0.508 e. The Hall–Kier alpha value is -1.59. The number of nitrogens with zero attached hydrogens (tertiary/aromatic N) is 1. The quantitative estimate of drug-likeness (QED) is 0.792. The summed E-state index contributed by atoms with van der Waals surface area (Å²) in [6.07, 6.45) is 0. The molecule has 3 N–H and O–H groups in total. The highest BCUT2D eigenvalue weighted by Crippen LogP contribution is 2.20. The maximum absolute atomic E-state index is 11.1. The molecule has 0 saturated carbocycles. The Morgan fingerprint density at radius 2 is 2.12 bits per heavy atom. The zero-order chi connectivity index (χ0) is 12.3. The molecule has 92 valence electrons. The number of nitrogens with two attached hydrogens (primary N) is 1. The minimum Gasteiger partial charge on any atom is -0.508 e. The summed E-state index contributed by atoms with van der Waals surface area (Å²) in [7, 11) is 0. The molecule has 5 heteroatoms. The second-order valence-electron chi connectivity index (χ2n) is 4.10. The highest BCUT2D eigenvalue weighted by molar-refractivity contribution is 5.93. The second kappa shape index (κ2) is 5.16. The molecule has 1 saturated heterocycles. The number of amides is 1. The molecule has 0 unspecified atom stereocenters. The summed E-state index contributed by atoms with van der Waals surface area (Å²) in [6.45, 7) is 3.68. The van der Waals surface area contributed by atoms with E-state index in [-0.39, 0.29) is 5.75 Å². The van der Waals surface area contributed by atoms with E-state index in [1.165, 1.54) is 12.1 Å². The van der Waals surface area contributed by atoms with Crippen molar-refractivity contribution in [3.8, 4) is 5.75 Å². The van der Waals surface area contributed by atoms with E-state index in [0.717, 1.165) is 18.7 Å². The molecule has 1 amide bonds. The molecule has 0 aromatic heterocycles. The van der Waals surface area contributed by atoms with Gasteiger partial charge in [-0.15, -0.1) is 0 Å². The van der Waals surface area contributed by atoms with Gasteiger partial charge in [0.15, 0.2) is 0 Å². The molecule has 0 radical (unpaired) electrons. The van der Waals surface area contributed by atoms with E-state index >= 15 is 0 Å². The third kappa shape index (κ3) is 2.95. The van der Waals surface area contributed by atoms with Crippen LogP contribution in [0, 0.1) is 0 Å². The van der Waals surface area contributed by atoms with Gasteiger partial charge in [0.1, 0.15) is 5.75 Å². The summed E-state index contributed by atoms with van der Waals surface area (Å²) < 4.78 is 5.25. The van der Waals surface area contributed by atoms with E-state index in [4.69, 9.17) is 10.5 Å². The van der Waals surface area contributed by atoms with Crippen molar-refractivity contribution in [1.29, 1.82) is 0 Å². The van der Waals surface area contributed by atoms with Gasteiger partial charge in [0.05, 0.1) is 13.2 Å². The molecule has 0 bridgehead atoms. The van der Waals surface area contributed by atoms with Gasteiger partial charge in [-0.2, -0.15) is 0 Å². The number of phenolic OH excluding ortho intramolecular Hbond substituents is 1. The molecule has 1 heterocycles. The van der Waals surface area contributed by atoms with Crippen molar-refractivity contribution in [2.45, 2.75) is 6.54 Å². The first-order valence-electron chi connectivity index (χ1n) is 5.58. The van der Waals surface area contributed by atoms with Crippen LogP contribution in [0.4, 0.5) is 0 Å². The Bertz CT molecular complexity index is 414. The fourth-order valence-corrected chi connectivity index (χ4v) is 1.87. The lowest BCUT2D eigenvalue weighted by atomic mass is 10.1. The molecule has 2 rings (SSSR count). The van der Waals surface area contributed by atoms with Crippen LogP contribution >= 0.6 is 0 Å². The molecular formula is C12H16N2O3. The Labute approximate surface area is 99.8 Å². The normalized spacial score (nSPS) is 16.9. The third-order valence-corrected chi connectivity index (χ3v) is 2.86. The molecule has 0 atom stereocenters. The Morgan fingerprint density at radius 3 is 2.76 bits per heavy atom. The summed E-state index contributed by atoms with van der Waals surface area (Å²) >= 11 is 0. The van der Waals surface area contributed by atoms with Crippen LogP contribution < -0.4 is 5.73 Å². The lowest BCUT2D eigenvalue weighted by Crippen LogP contribution is -2.35. The summed E-state index contributed by atoms with van der Waals surface area (Å²) in [5.41, 5.74) is 6.36. The number of morpholine rings is 1. The first-order chi connectivity index (χ1) is 8.16. The van der Waals surface area contributed by atoms with Crippen LogP contribution in [0.25, 0.3) is 0 Å². The van der Waals surface area contributed by atoms with E-state index in [1.807, 2.05) is 0 Å². The van der Waals surface area contributed by atoms with Gasteiger partial charge in [-0.05, 0) is 18.2 Å². The van der Waals surface area contributed by atoms with Crippen LogP contribution in [0.5, 0.6) is 5.75 Å². The molecule has 1 aromatic rings. The van der Waals surface area contributed by atoms with Crippen molar-refractivity contribution >= 4 is 5.91 Å². The van der Waals surface area contributed by atoms with Gasteiger partial charge in [-0.25, -0.2) is 0 Å². The van der Waals surface area contributed by atoms with Gasteiger partial charge in [0.25, 0.3) is 0 Å². The fraction of sp³-hybridized carbons (Fsp3) is 0.417. The molecular weight excluding hydrogens is 220 g/mol. The molecule has 17 heavy (non-hydrogen) atoms. The highest BCUT2D eigenvalue weighted by atomic mass is 16.5. The van der Waals surface area contributed by atoms with E-state index < -0.39 is 5.91 Å². The van der Waals surface area contributed by atoms with Gasteiger partial charge >= 0.3 is 0 Å². The van der Waals surface area contributed by atoms with Crippen molar-refractivity contribution < 1.29 is 14.6 Å². The predicted octanol–water partition coefficient (Wildman–Crippen LogP) is 0.323. The molecule has 1 aliphatic rings. The average molecular weight is 236 g/mol. The van der Waals surface area contributed by atoms with E-state index in [9.17, 15) is 9.90 Å². The SMILES string of the molecule is NC(=O)c1ccc(O)c(CN2CCOCC2)c1. The number of primary amides is 1. The second-order valence-corrected chi connectivity index (χ2v) is 4.10. The molecule has 1 aliphatic heterocycles. The molecule has 5 nitrogen and oxygen atoms in total. The van der Waals surface area contributed by atoms with Gasteiger partial charge in [0.2, 0.25) is 5.91 Å². The van der Waals surface area contributed by atoms with Crippen molar-refractivity contribution in [1.82, 2.24) is 4.90 Å². The summed E-state index contributed by atoms with van der Waals surface area (Å²) in [6, 6.07) is 4.68. The minimum atomic E-state index is -0.478. The summed E-state index contributed by atoms with van der Waals surface area (Å²) in [4.78, 5) is 13.2. The van der Waals surface area contributed by atoms with Crippen LogP contribution in [0.2, 0.25) is 0 Å². The Morgan fingerprint density at radius 1 is 1.41 bits per heavy atom. The van der Waals surface area contributed by atoms with Crippen molar-refractivity contribution in [2.75, 3.05) is 26.3 Å². The van der Waals surface area contributed by atoms with E-state index in [1.54, 1.807) is 6.07 Å². The van der Waals surface area contributed by atoms with Crippen LogP contribution in [0.3, 0.4) is 0 Å². The standard InChI is InChI=1S/C12H16N2O3/c13-12(16)9-1-2-11(15)10(7-9)8-14-3-5-17-6-4-14/h1-2,7,15H,3-6,8H2,(H2,13,16).